The minimum Gasteiger partial charge on any atom is -0.495 e. The van der Waals surface area contributed by atoms with Crippen molar-refractivity contribution in [1.29, 1.82) is 0 Å². The molecule has 1 N–H and O–H groups in total. The molecule has 0 aliphatic carbocycles. The predicted octanol–water partition coefficient (Wildman–Crippen LogP) is 3.66. The van der Waals surface area contributed by atoms with Crippen LogP contribution in [0.2, 0.25) is 5.02 Å². The fourth-order valence-electron chi connectivity index (χ4n) is 2.66. The Morgan fingerprint density at radius 3 is 2.63 bits per heavy atom. The average molecular weight is 476 g/mol. The van der Waals surface area contributed by atoms with E-state index in [0.717, 1.165) is 0 Å². The number of nitrogens with zero attached hydrogens (tertiary/aromatic N) is 1. The first-order valence-corrected chi connectivity index (χ1v) is 10.4. The number of sulfonamides is 1. The molecule has 1 atom stereocenters. The minimum absolute atomic E-state index is 0.0249. The van der Waals surface area contributed by atoms with Gasteiger partial charge in [0.15, 0.2) is 6.10 Å². The fraction of sp³-hybridized carbons (Fsp3) is 0.235. The third-order valence-corrected chi connectivity index (χ3v) is 6.69. The molecule has 1 aliphatic heterocycles. The Hall–Kier alpha value is -1.97. The molecule has 1 amide bonds. The SMILES string of the molecule is COc1ccc(NS(=O)(=O)c2cc3c(cc2Br)N(C)C(=O)C(C)O3)cc1Cl. The van der Waals surface area contributed by atoms with Gasteiger partial charge in [-0.25, -0.2) is 8.42 Å². The van der Waals surface area contributed by atoms with Crippen LogP contribution in [0.4, 0.5) is 11.4 Å². The van der Waals surface area contributed by atoms with Crippen LogP contribution in [0.1, 0.15) is 6.92 Å². The number of amides is 1. The van der Waals surface area contributed by atoms with E-state index < -0.39 is 16.1 Å². The van der Waals surface area contributed by atoms with Crippen molar-refractivity contribution in [3.05, 3.63) is 39.8 Å². The van der Waals surface area contributed by atoms with Crippen LogP contribution in [-0.4, -0.2) is 34.6 Å². The number of rotatable bonds is 4. The molecule has 0 aromatic heterocycles. The molecule has 2 aromatic rings. The monoisotopic (exact) mass is 474 g/mol. The normalized spacial score (nSPS) is 16.6. The average Bonchev–Trinajstić information content (AvgIpc) is 2.60. The molecule has 0 saturated heterocycles. The summed E-state index contributed by atoms with van der Waals surface area (Å²) in [6.07, 6.45) is -0.701. The van der Waals surface area contributed by atoms with E-state index in [4.69, 9.17) is 21.1 Å². The van der Waals surface area contributed by atoms with Crippen molar-refractivity contribution in [2.75, 3.05) is 23.8 Å². The van der Waals surface area contributed by atoms with Gasteiger partial charge in [-0.3, -0.25) is 9.52 Å². The second-order valence-corrected chi connectivity index (χ2v) is 8.77. The molecule has 3 rings (SSSR count). The van der Waals surface area contributed by atoms with Gasteiger partial charge in [0.05, 0.1) is 23.5 Å². The van der Waals surface area contributed by atoms with Gasteiger partial charge in [-0.1, -0.05) is 11.6 Å². The van der Waals surface area contributed by atoms with Crippen LogP contribution in [0, 0.1) is 0 Å². The van der Waals surface area contributed by atoms with Gasteiger partial charge >= 0.3 is 0 Å². The van der Waals surface area contributed by atoms with Crippen LogP contribution in [0.25, 0.3) is 0 Å². The maximum atomic E-state index is 12.8. The Morgan fingerprint density at radius 1 is 1.30 bits per heavy atom. The van der Waals surface area contributed by atoms with E-state index in [0.29, 0.717) is 21.7 Å². The molecule has 0 radical (unpaired) electrons. The van der Waals surface area contributed by atoms with Crippen molar-refractivity contribution in [3.8, 4) is 11.5 Å². The molecule has 1 unspecified atom stereocenters. The zero-order valence-corrected chi connectivity index (χ0v) is 17.8. The zero-order valence-electron chi connectivity index (χ0n) is 14.6. The maximum Gasteiger partial charge on any atom is 0.267 e. The van der Waals surface area contributed by atoms with Gasteiger partial charge in [-0.2, -0.15) is 0 Å². The summed E-state index contributed by atoms with van der Waals surface area (Å²) in [5.41, 5.74) is 0.767. The number of carbonyl (C=O) groups is 1. The van der Waals surface area contributed by atoms with Gasteiger partial charge in [-0.15, -0.1) is 0 Å². The van der Waals surface area contributed by atoms with Crippen molar-refractivity contribution >= 4 is 54.8 Å². The first-order chi connectivity index (χ1) is 12.6. The van der Waals surface area contributed by atoms with Crippen molar-refractivity contribution in [2.45, 2.75) is 17.9 Å². The van der Waals surface area contributed by atoms with Crippen LogP contribution in [-0.2, 0) is 14.8 Å². The molecule has 0 saturated carbocycles. The summed E-state index contributed by atoms with van der Waals surface area (Å²) in [6.45, 7) is 1.61. The highest BCUT2D eigenvalue weighted by Gasteiger charge is 2.31. The second kappa shape index (κ2) is 7.21. The summed E-state index contributed by atoms with van der Waals surface area (Å²) in [5.74, 6) is 0.529. The van der Waals surface area contributed by atoms with E-state index in [9.17, 15) is 13.2 Å². The number of benzene rings is 2. The zero-order chi connectivity index (χ0) is 19.9. The number of ether oxygens (including phenoxy) is 2. The standard InChI is InChI=1S/C17H16BrClN2O5S/c1-9-17(22)21(2)13-7-11(18)16(8-15(13)26-9)27(23,24)20-10-4-5-14(25-3)12(19)6-10/h4-9,20H,1-3H3. The van der Waals surface area contributed by atoms with E-state index in [-0.39, 0.29) is 21.5 Å². The van der Waals surface area contributed by atoms with Crippen molar-refractivity contribution < 1.29 is 22.7 Å². The van der Waals surface area contributed by atoms with Gasteiger partial charge in [0.1, 0.15) is 16.4 Å². The number of nitrogens with one attached hydrogen (secondary N) is 1. The summed E-state index contributed by atoms with van der Waals surface area (Å²) < 4.78 is 39.1. The number of hydrogen-bond acceptors (Lipinski definition) is 5. The highest BCUT2D eigenvalue weighted by molar-refractivity contribution is 9.10. The molecule has 0 bridgehead atoms. The van der Waals surface area contributed by atoms with Crippen LogP contribution < -0.4 is 19.1 Å². The molecule has 1 aliphatic rings. The number of methoxy groups -OCH3 is 1. The van der Waals surface area contributed by atoms with Gasteiger partial charge < -0.3 is 14.4 Å². The molecule has 10 heteroatoms. The minimum atomic E-state index is -3.94. The van der Waals surface area contributed by atoms with Crippen LogP contribution >= 0.6 is 27.5 Å². The smallest absolute Gasteiger partial charge is 0.267 e. The first kappa shape index (κ1) is 19.8. The Bertz CT molecular complexity index is 1030. The maximum absolute atomic E-state index is 12.8. The second-order valence-electron chi connectivity index (χ2n) is 5.86. The molecule has 1 heterocycles. The highest BCUT2D eigenvalue weighted by atomic mass is 79.9. The lowest BCUT2D eigenvalue weighted by Crippen LogP contribution is -2.42. The largest absolute Gasteiger partial charge is 0.495 e. The number of carbonyl (C=O) groups excluding carboxylic acids is 1. The topological polar surface area (TPSA) is 84.9 Å². The molecule has 27 heavy (non-hydrogen) atoms. The van der Waals surface area contributed by atoms with E-state index in [1.807, 2.05) is 0 Å². The summed E-state index contributed by atoms with van der Waals surface area (Å²) in [4.78, 5) is 13.4. The number of likely N-dealkylation sites (N-methyl/N-ethyl adjacent to an activating group) is 1. The molecule has 0 fully saturated rings. The van der Waals surface area contributed by atoms with Crippen LogP contribution in [0.3, 0.4) is 0 Å². The molecule has 2 aromatic carbocycles. The van der Waals surface area contributed by atoms with Gasteiger partial charge in [0.25, 0.3) is 15.9 Å². The summed E-state index contributed by atoms with van der Waals surface area (Å²) in [6, 6.07) is 7.48. The van der Waals surface area contributed by atoms with E-state index in [1.54, 1.807) is 26.1 Å². The predicted molar refractivity (Wildman–Crippen MR) is 106 cm³/mol. The van der Waals surface area contributed by atoms with Gasteiger partial charge in [0, 0.05) is 17.6 Å². The van der Waals surface area contributed by atoms with Gasteiger partial charge in [0.2, 0.25) is 0 Å². The van der Waals surface area contributed by atoms with Crippen molar-refractivity contribution in [1.82, 2.24) is 0 Å². The Balaban J connectivity index is 1.99. The third kappa shape index (κ3) is 3.71. The van der Waals surface area contributed by atoms with Crippen LogP contribution in [0.15, 0.2) is 39.7 Å². The van der Waals surface area contributed by atoms with E-state index in [2.05, 4.69) is 20.7 Å². The molecular weight excluding hydrogens is 460 g/mol. The fourth-order valence-corrected chi connectivity index (χ4v) is 5.01. The number of hydrogen-bond donors (Lipinski definition) is 1. The third-order valence-electron chi connectivity index (χ3n) is 4.05. The lowest BCUT2D eigenvalue weighted by molar-refractivity contribution is -0.125. The number of halogens is 2. The molecular formula is C17H16BrClN2O5S. The molecule has 0 spiro atoms. The summed E-state index contributed by atoms with van der Waals surface area (Å²) >= 11 is 9.32. The Morgan fingerprint density at radius 2 is 2.00 bits per heavy atom. The highest BCUT2D eigenvalue weighted by Crippen LogP contribution is 2.40. The summed E-state index contributed by atoms with van der Waals surface area (Å²) in [5, 5.41) is 0.277. The van der Waals surface area contributed by atoms with Gasteiger partial charge in [-0.05, 0) is 47.1 Å². The summed E-state index contributed by atoms with van der Waals surface area (Å²) in [7, 11) is -0.862. The van der Waals surface area contributed by atoms with Crippen molar-refractivity contribution in [2.24, 2.45) is 0 Å². The molecule has 144 valence electrons. The number of fused-ring (bicyclic) bond motifs is 1. The van der Waals surface area contributed by atoms with Crippen molar-refractivity contribution in [3.63, 3.8) is 0 Å². The lowest BCUT2D eigenvalue weighted by Gasteiger charge is -2.30. The van der Waals surface area contributed by atoms with E-state index in [1.165, 1.54) is 30.2 Å². The molecule has 7 nitrogen and oxygen atoms in total. The Kier molecular flexibility index (Phi) is 5.29. The van der Waals surface area contributed by atoms with E-state index >= 15 is 0 Å². The number of anilines is 2. The Labute approximate surface area is 170 Å². The van der Waals surface area contributed by atoms with Crippen LogP contribution in [0.5, 0.6) is 11.5 Å². The first-order valence-electron chi connectivity index (χ1n) is 7.78. The quantitative estimate of drug-likeness (QED) is 0.729. The lowest BCUT2D eigenvalue weighted by atomic mass is 10.2.